The summed E-state index contributed by atoms with van der Waals surface area (Å²) in [6, 6.07) is 9.36. The lowest BCUT2D eigenvalue weighted by atomic mass is 10.00. The van der Waals surface area contributed by atoms with Crippen molar-refractivity contribution in [1.29, 1.82) is 0 Å². The molecule has 0 saturated carbocycles. The average molecular weight is 569 g/mol. The number of hydrogen-bond acceptors (Lipinski definition) is 6. The van der Waals surface area contributed by atoms with Crippen LogP contribution < -0.4 is 5.32 Å². The Balaban J connectivity index is 0.00000180. The van der Waals surface area contributed by atoms with Crippen LogP contribution in [0.4, 0.5) is 11.4 Å². The Labute approximate surface area is 231 Å². The molecule has 190 valence electrons. The number of anilines is 2. The van der Waals surface area contributed by atoms with Crippen molar-refractivity contribution in [2.75, 3.05) is 25.5 Å². The van der Waals surface area contributed by atoms with Gasteiger partial charge in [0.25, 0.3) is 0 Å². The van der Waals surface area contributed by atoms with Crippen molar-refractivity contribution in [2.24, 2.45) is 0 Å². The molecule has 11 heteroatoms. The van der Waals surface area contributed by atoms with E-state index < -0.39 is 0 Å². The summed E-state index contributed by atoms with van der Waals surface area (Å²) >= 11 is 12.3. The maximum Gasteiger partial charge on any atom is 0.163 e. The normalized spacial score (nSPS) is 15.4. The van der Waals surface area contributed by atoms with Gasteiger partial charge >= 0.3 is 0 Å². The Bertz CT molecular complexity index is 1400. The van der Waals surface area contributed by atoms with Gasteiger partial charge in [0.15, 0.2) is 11.5 Å². The number of Topliss-reactive ketones (excluding diaryl/α,β-unsaturated/α-hetero) is 1. The lowest BCUT2D eigenvalue weighted by molar-refractivity contribution is 0.101. The Morgan fingerprint density at radius 3 is 2.47 bits per heavy atom. The number of fused-ring (bicyclic) bond motifs is 1. The summed E-state index contributed by atoms with van der Waals surface area (Å²) in [5.74, 6) is -0.246. The van der Waals surface area contributed by atoms with E-state index in [2.05, 4.69) is 27.3 Å². The van der Waals surface area contributed by atoms with Crippen molar-refractivity contribution in [3.8, 4) is 16.9 Å². The second-order valence-corrected chi connectivity index (χ2v) is 9.48. The van der Waals surface area contributed by atoms with E-state index in [0.717, 1.165) is 47.2 Å². The number of pyridine rings is 1. The number of halogens is 4. The first-order valence-corrected chi connectivity index (χ1v) is 11.7. The first-order valence-electron chi connectivity index (χ1n) is 10.9. The van der Waals surface area contributed by atoms with Gasteiger partial charge in [0, 0.05) is 24.3 Å². The summed E-state index contributed by atoms with van der Waals surface area (Å²) in [7, 11) is 2.11. The van der Waals surface area contributed by atoms with Crippen LogP contribution in [-0.4, -0.2) is 50.7 Å². The molecule has 1 unspecified atom stereocenters. The van der Waals surface area contributed by atoms with E-state index in [1.165, 1.54) is 6.92 Å². The standard InChI is InChI=1S/C25H23Cl2N5O2.2ClH/c1-14(33)20-11-28-23-4-3-15(16-8-21(26)25(34)22(27)9-16)7-19(23)24(20)30-17-10-29-32(12-17)18-5-6-31(2)13-18;;/h3-4,7-12,18,34H,5-6,13H2,1-2H3,(H,28,30);2*1H. The maximum atomic E-state index is 12.5. The molecular formula is C25H25Cl4N5O2. The first kappa shape index (κ1) is 28.0. The average Bonchev–Trinajstić information content (AvgIpc) is 3.45. The quantitative estimate of drug-likeness (QED) is 0.258. The second kappa shape index (κ2) is 11.2. The minimum Gasteiger partial charge on any atom is -0.505 e. The number of rotatable bonds is 5. The van der Waals surface area contributed by atoms with Crippen molar-refractivity contribution >= 4 is 76.1 Å². The lowest BCUT2D eigenvalue weighted by Crippen LogP contribution is -2.16. The number of likely N-dealkylation sites (N-methyl/N-ethyl adjacent to an activating group) is 1. The minimum absolute atomic E-state index is 0. The van der Waals surface area contributed by atoms with Gasteiger partial charge in [-0.25, -0.2) is 0 Å². The highest BCUT2D eigenvalue weighted by Crippen LogP contribution is 2.38. The number of phenolic OH excluding ortho intramolecular Hbond substituents is 1. The molecule has 0 bridgehead atoms. The smallest absolute Gasteiger partial charge is 0.163 e. The second-order valence-electron chi connectivity index (χ2n) is 8.66. The highest BCUT2D eigenvalue weighted by Gasteiger charge is 2.22. The number of likely N-dealkylation sites (tertiary alicyclic amines) is 1. The van der Waals surface area contributed by atoms with Crippen LogP contribution in [0.2, 0.25) is 10.0 Å². The van der Waals surface area contributed by atoms with Crippen LogP contribution >= 0.6 is 48.0 Å². The van der Waals surface area contributed by atoms with Crippen molar-refractivity contribution in [2.45, 2.75) is 19.4 Å². The van der Waals surface area contributed by atoms with Gasteiger partial charge in [-0.1, -0.05) is 29.3 Å². The van der Waals surface area contributed by atoms with E-state index in [4.69, 9.17) is 23.2 Å². The van der Waals surface area contributed by atoms with E-state index in [0.29, 0.717) is 17.3 Å². The zero-order valence-corrected chi connectivity index (χ0v) is 22.7. The Kier molecular flexibility index (Phi) is 8.75. The molecule has 1 fully saturated rings. The van der Waals surface area contributed by atoms with Gasteiger partial charge in [0.05, 0.1) is 44.7 Å². The summed E-state index contributed by atoms with van der Waals surface area (Å²) in [5.41, 5.74) is 4.25. The number of benzene rings is 2. The third-order valence-corrected chi connectivity index (χ3v) is 6.79. The zero-order chi connectivity index (χ0) is 24.0. The Hall–Kier alpha value is -2.55. The van der Waals surface area contributed by atoms with Crippen LogP contribution in [0.5, 0.6) is 5.75 Å². The van der Waals surface area contributed by atoms with Gasteiger partial charge in [-0.2, -0.15) is 5.10 Å². The summed E-state index contributed by atoms with van der Waals surface area (Å²) in [4.78, 5) is 19.2. The molecule has 0 radical (unpaired) electrons. The molecule has 1 aliphatic heterocycles. The maximum absolute atomic E-state index is 12.5. The Morgan fingerprint density at radius 2 is 1.83 bits per heavy atom. The first-order chi connectivity index (χ1) is 16.3. The molecule has 1 atom stereocenters. The molecule has 1 aliphatic rings. The minimum atomic E-state index is -0.152. The van der Waals surface area contributed by atoms with Crippen molar-refractivity contribution in [1.82, 2.24) is 19.7 Å². The monoisotopic (exact) mass is 567 g/mol. The van der Waals surface area contributed by atoms with Gasteiger partial charge < -0.3 is 15.3 Å². The van der Waals surface area contributed by atoms with Crippen molar-refractivity contribution in [3.05, 3.63) is 64.5 Å². The number of carbonyl (C=O) groups excluding carboxylic acids is 1. The van der Waals surface area contributed by atoms with Crippen molar-refractivity contribution < 1.29 is 9.90 Å². The van der Waals surface area contributed by atoms with Crippen LogP contribution in [0.25, 0.3) is 22.0 Å². The summed E-state index contributed by atoms with van der Waals surface area (Å²) in [6.45, 7) is 3.53. The molecule has 2 aromatic carbocycles. The SMILES string of the molecule is CC(=O)c1cnc2ccc(-c3cc(Cl)c(O)c(Cl)c3)cc2c1Nc1cnn(C2CCN(C)C2)c1.Cl.Cl. The largest absolute Gasteiger partial charge is 0.505 e. The molecule has 2 N–H and O–H groups in total. The lowest BCUT2D eigenvalue weighted by Gasteiger charge is -2.14. The number of carbonyl (C=O) groups is 1. The fourth-order valence-corrected chi connectivity index (χ4v) is 4.87. The molecule has 0 spiro atoms. The molecule has 0 amide bonds. The predicted molar refractivity (Wildman–Crippen MR) is 150 cm³/mol. The molecule has 3 heterocycles. The van der Waals surface area contributed by atoms with Crippen LogP contribution in [0.1, 0.15) is 29.7 Å². The van der Waals surface area contributed by atoms with Crippen LogP contribution in [-0.2, 0) is 0 Å². The number of nitrogens with zero attached hydrogens (tertiary/aromatic N) is 4. The van der Waals surface area contributed by atoms with Crippen molar-refractivity contribution in [3.63, 3.8) is 0 Å². The highest BCUT2D eigenvalue weighted by atomic mass is 35.5. The van der Waals surface area contributed by atoms with Crippen LogP contribution in [0.15, 0.2) is 48.9 Å². The fourth-order valence-electron chi connectivity index (χ4n) is 4.38. The van der Waals surface area contributed by atoms with E-state index in [9.17, 15) is 9.90 Å². The molecule has 5 rings (SSSR count). The van der Waals surface area contributed by atoms with Gasteiger partial charge in [-0.3, -0.25) is 14.5 Å². The van der Waals surface area contributed by atoms with E-state index in [1.54, 1.807) is 24.5 Å². The molecule has 7 nitrogen and oxygen atoms in total. The Morgan fingerprint density at radius 1 is 1.11 bits per heavy atom. The molecule has 4 aromatic rings. The number of phenols is 1. The molecule has 36 heavy (non-hydrogen) atoms. The summed E-state index contributed by atoms with van der Waals surface area (Å²) in [6.07, 6.45) is 6.40. The number of ketones is 1. The van der Waals surface area contributed by atoms with Crippen LogP contribution in [0.3, 0.4) is 0 Å². The third kappa shape index (κ3) is 5.41. The van der Waals surface area contributed by atoms with E-state index >= 15 is 0 Å². The number of aromatic nitrogens is 3. The molecule has 2 aromatic heterocycles. The molecule has 1 saturated heterocycles. The number of aromatic hydroxyl groups is 1. The zero-order valence-electron chi connectivity index (χ0n) is 19.5. The van der Waals surface area contributed by atoms with Gasteiger partial charge in [-0.05, 0) is 62.3 Å². The van der Waals surface area contributed by atoms with Gasteiger partial charge in [0.1, 0.15) is 0 Å². The predicted octanol–water partition coefficient (Wildman–Crippen LogP) is 6.78. The van der Waals surface area contributed by atoms with E-state index in [-0.39, 0.29) is 46.4 Å². The van der Waals surface area contributed by atoms with Gasteiger partial charge in [-0.15, -0.1) is 24.8 Å². The third-order valence-electron chi connectivity index (χ3n) is 6.21. The summed E-state index contributed by atoms with van der Waals surface area (Å²) in [5, 5.41) is 19.0. The number of nitrogens with one attached hydrogen (secondary N) is 1. The molecular weight excluding hydrogens is 544 g/mol. The van der Waals surface area contributed by atoms with Gasteiger partial charge in [0.2, 0.25) is 0 Å². The van der Waals surface area contributed by atoms with Crippen LogP contribution in [0, 0.1) is 0 Å². The fraction of sp³-hybridized carbons (Fsp3) is 0.240. The topological polar surface area (TPSA) is 83.3 Å². The highest BCUT2D eigenvalue weighted by molar-refractivity contribution is 6.37. The number of hydrogen-bond donors (Lipinski definition) is 2. The van der Waals surface area contributed by atoms with E-state index in [1.807, 2.05) is 29.1 Å². The molecule has 0 aliphatic carbocycles. The summed E-state index contributed by atoms with van der Waals surface area (Å²) < 4.78 is 1.98.